The molecule has 0 saturated heterocycles. The Labute approximate surface area is 198 Å². The molecule has 0 aromatic heterocycles. The van der Waals surface area contributed by atoms with Gasteiger partial charge in [-0.15, -0.1) is 0 Å². The minimum absolute atomic E-state index is 0.0575. The van der Waals surface area contributed by atoms with E-state index in [0.29, 0.717) is 5.56 Å². The molecular weight excluding hydrogens is 452 g/mol. The maximum atomic E-state index is 13.2. The van der Waals surface area contributed by atoms with E-state index in [1.807, 2.05) is 6.92 Å². The summed E-state index contributed by atoms with van der Waals surface area (Å²) in [4.78, 5) is 39.7. The van der Waals surface area contributed by atoms with Gasteiger partial charge in [0.15, 0.2) is 0 Å². The fourth-order valence-electron chi connectivity index (χ4n) is 4.07. The van der Waals surface area contributed by atoms with Gasteiger partial charge in [-0.25, -0.2) is 13.1 Å². The van der Waals surface area contributed by atoms with E-state index in [4.69, 9.17) is 0 Å². The SMILES string of the molecule is CC(=O)[C@@H](CN1C(=O)c2ccccc2C1=O)[C@H](NS(=O)(=O)c1ccc(C)cc1)c1ccccc1. The Morgan fingerprint density at radius 3 is 1.91 bits per heavy atom. The van der Waals surface area contributed by atoms with Gasteiger partial charge in [-0.05, 0) is 43.7 Å². The fraction of sp³-hybridized carbons (Fsp3) is 0.192. The molecule has 3 aromatic carbocycles. The molecule has 8 heteroatoms. The van der Waals surface area contributed by atoms with Gasteiger partial charge in [-0.3, -0.25) is 19.3 Å². The standard InChI is InChI=1S/C26H24N2O5S/c1-17-12-14-20(15-13-17)34(32,33)27-24(19-8-4-3-5-9-19)23(18(2)29)16-28-25(30)21-10-6-7-11-22(21)26(28)31/h3-15,23-24,27H,16H2,1-2H3/t23-,24-/m1/s1. The second kappa shape index (κ2) is 9.32. The van der Waals surface area contributed by atoms with Gasteiger partial charge in [0.25, 0.3) is 11.8 Å². The van der Waals surface area contributed by atoms with Gasteiger partial charge < -0.3 is 0 Å². The molecule has 0 unspecified atom stereocenters. The number of Topliss-reactive ketones (excluding diaryl/α,β-unsaturated/α-hetero) is 1. The Hall–Kier alpha value is -3.62. The lowest BCUT2D eigenvalue weighted by Gasteiger charge is -2.29. The summed E-state index contributed by atoms with van der Waals surface area (Å²) in [6, 6.07) is 20.5. The van der Waals surface area contributed by atoms with E-state index in [-0.39, 0.29) is 28.4 Å². The van der Waals surface area contributed by atoms with Crippen LogP contribution in [-0.4, -0.2) is 37.5 Å². The summed E-state index contributed by atoms with van der Waals surface area (Å²) in [5.74, 6) is -2.35. The molecule has 1 heterocycles. The van der Waals surface area contributed by atoms with Gasteiger partial charge in [-0.2, -0.15) is 0 Å². The summed E-state index contributed by atoms with van der Waals surface area (Å²) in [6.45, 7) is 2.93. The summed E-state index contributed by atoms with van der Waals surface area (Å²) in [5, 5.41) is 0. The molecule has 7 nitrogen and oxygen atoms in total. The lowest BCUT2D eigenvalue weighted by atomic mass is 9.90. The highest BCUT2D eigenvalue weighted by molar-refractivity contribution is 7.89. The van der Waals surface area contributed by atoms with Crippen molar-refractivity contribution in [1.29, 1.82) is 0 Å². The third kappa shape index (κ3) is 4.55. The monoisotopic (exact) mass is 476 g/mol. The summed E-state index contributed by atoms with van der Waals surface area (Å²) < 4.78 is 29.1. The van der Waals surface area contributed by atoms with Gasteiger partial charge in [-0.1, -0.05) is 60.2 Å². The van der Waals surface area contributed by atoms with Crippen LogP contribution in [0.5, 0.6) is 0 Å². The van der Waals surface area contributed by atoms with Crippen molar-refractivity contribution in [2.24, 2.45) is 5.92 Å². The molecule has 0 radical (unpaired) electrons. The number of carbonyl (C=O) groups is 3. The first kappa shape index (κ1) is 23.5. The molecule has 4 rings (SSSR count). The van der Waals surface area contributed by atoms with Crippen LogP contribution < -0.4 is 4.72 Å². The third-order valence-electron chi connectivity index (χ3n) is 5.95. The average molecular weight is 477 g/mol. The second-order valence-electron chi connectivity index (χ2n) is 8.31. The molecule has 34 heavy (non-hydrogen) atoms. The van der Waals surface area contributed by atoms with Crippen molar-refractivity contribution in [2.75, 3.05) is 6.54 Å². The second-order valence-corrected chi connectivity index (χ2v) is 10.0. The largest absolute Gasteiger partial charge is 0.300 e. The average Bonchev–Trinajstić information content (AvgIpc) is 3.06. The number of hydrogen-bond acceptors (Lipinski definition) is 5. The minimum atomic E-state index is -4.01. The zero-order chi connectivity index (χ0) is 24.5. The maximum Gasteiger partial charge on any atom is 0.261 e. The number of rotatable bonds is 8. The molecule has 3 aromatic rings. The van der Waals surface area contributed by atoms with E-state index < -0.39 is 33.8 Å². The number of nitrogens with zero attached hydrogens (tertiary/aromatic N) is 1. The predicted molar refractivity (Wildman–Crippen MR) is 127 cm³/mol. The Kier molecular flexibility index (Phi) is 6.45. The van der Waals surface area contributed by atoms with Crippen LogP contribution in [0.25, 0.3) is 0 Å². The smallest absolute Gasteiger partial charge is 0.261 e. The number of aryl methyl sites for hydroxylation is 1. The first-order valence-electron chi connectivity index (χ1n) is 10.8. The maximum absolute atomic E-state index is 13.2. The summed E-state index contributed by atoms with van der Waals surface area (Å²) in [6.07, 6.45) is 0. The third-order valence-corrected chi connectivity index (χ3v) is 7.41. The molecule has 0 spiro atoms. The first-order valence-corrected chi connectivity index (χ1v) is 12.3. The molecule has 2 amide bonds. The Bertz CT molecular complexity index is 1320. The molecule has 0 bridgehead atoms. The summed E-state index contributed by atoms with van der Waals surface area (Å²) >= 11 is 0. The van der Waals surface area contributed by atoms with E-state index in [1.165, 1.54) is 19.1 Å². The van der Waals surface area contributed by atoms with Crippen LogP contribution >= 0.6 is 0 Å². The minimum Gasteiger partial charge on any atom is -0.300 e. The number of nitrogens with one attached hydrogen (secondary N) is 1. The molecular formula is C26H24N2O5S. The molecule has 0 fully saturated rings. The number of ketones is 1. The Morgan fingerprint density at radius 1 is 0.853 bits per heavy atom. The summed E-state index contributed by atoms with van der Waals surface area (Å²) in [5.41, 5.74) is 2.00. The van der Waals surface area contributed by atoms with Crippen molar-refractivity contribution < 1.29 is 22.8 Å². The zero-order valence-electron chi connectivity index (χ0n) is 18.8. The van der Waals surface area contributed by atoms with Crippen LogP contribution in [-0.2, 0) is 14.8 Å². The highest BCUT2D eigenvalue weighted by Crippen LogP contribution is 2.30. The fourth-order valence-corrected chi connectivity index (χ4v) is 5.33. The molecule has 0 aliphatic carbocycles. The van der Waals surface area contributed by atoms with E-state index in [9.17, 15) is 22.8 Å². The number of amides is 2. The normalized spacial score (nSPS) is 15.2. The number of fused-ring (bicyclic) bond motifs is 1. The van der Waals surface area contributed by atoms with Crippen LogP contribution in [0, 0.1) is 12.8 Å². The summed E-state index contributed by atoms with van der Waals surface area (Å²) in [7, 11) is -4.01. The predicted octanol–water partition coefficient (Wildman–Crippen LogP) is 3.52. The number of imide groups is 1. The first-order chi connectivity index (χ1) is 16.2. The molecule has 1 aliphatic rings. The van der Waals surface area contributed by atoms with Gasteiger partial charge in [0.2, 0.25) is 10.0 Å². The van der Waals surface area contributed by atoms with Crippen molar-refractivity contribution in [2.45, 2.75) is 24.8 Å². The Morgan fingerprint density at radius 2 is 1.38 bits per heavy atom. The molecule has 1 N–H and O–H groups in total. The van der Waals surface area contributed by atoms with Crippen LogP contribution in [0.2, 0.25) is 0 Å². The highest BCUT2D eigenvalue weighted by atomic mass is 32.2. The Balaban J connectivity index is 1.71. The lowest BCUT2D eigenvalue weighted by Crippen LogP contribution is -2.44. The van der Waals surface area contributed by atoms with Crippen molar-refractivity contribution in [3.8, 4) is 0 Å². The van der Waals surface area contributed by atoms with E-state index in [2.05, 4.69) is 4.72 Å². The number of sulfonamides is 1. The van der Waals surface area contributed by atoms with E-state index >= 15 is 0 Å². The van der Waals surface area contributed by atoms with Crippen LogP contribution in [0.4, 0.5) is 0 Å². The quantitative estimate of drug-likeness (QED) is 0.502. The molecule has 174 valence electrons. The number of carbonyl (C=O) groups excluding carboxylic acids is 3. The van der Waals surface area contributed by atoms with Gasteiger partial charge >= 0.3 is 0 Å². The number of hydrogen-bond donors (Lipinski definition) is 1. The van der Waals surface area contributed by atoms with Crippen LogP contribution in [0.15, 0.2) is 83.8 Å². The number of benzene rings is 3. The lowest BCUT2D eigenvalue weighted by molar-refractivity contribution is -0.121. The molecule has 2 atom stereocenters. The van der Waals surface area contributed by atoms with Crippen molar-refractivity contribution in [3.05, 3.63) is 101 Å². The van der Waals surface area contributed by atoms with E-state index in [0.717, 1.165) is 10.5 Å². The van der Waals surface area contributed by atoms with Gasteiger partial charge in [0.05, 0.1) is 28.0 Å². The van der Waals surface area contributed by atoms with Crippen molar-refractivity contribution in [3.63, 3.8) is 0 Å². The molecule has 0 saturated carbocycles. The van der Waals surface area contributed by atoms with Crippen LogP contribution in [0.1, 0.15) is 44.8 Å². The van der Waals surface area contributed by atoms with E-state index in [1.54, 1.807) is 66.7 Å². The molecule has 1 aliphatic heterocycles. The van der Waals surface area contributed by atoms with Crippen molar-refractivity contribution in [1.82, 2.24) is 9.62 Å². The van der Waals surface area contributed by atoms with Gasteiger partial charge in [0.1, 0.15) is 5.78 Å². The van der Waals surface area contributed by atoms with Crippen molar-refractivity contribution >= 4 is 27.6 Å². The van der Waals surface area contributed by atoms with Crippen LogP contribution in [0.3, 0.4) is 0 Å². The van der Waals surface area contributed by atoms with Gasteiger partial charge in [0, 0.05) is 6.54 Å². The highest BCUT2D eigenvalue weighted by Gasteiger charge is 2.40. The zero-order valence-corrected chi connectivity index (χ0v) is 19.6. The topological polar surface area (TPSA) is 101 Å².